The van der Waals surface area contributed by atoms with Gasteiger partial charge in [-0.15, -0.1) is 0 Å². The van der Waals surface area contributed by atoms with Crippen molar-refractivity contribution < 1.29 is 4.39 Å². The SMILES string of the molecule is CCC1CCC(C)N1c1ccc(F)cc1CNC1CC1. The number of anilines is 1. The van der Waals surface area contributed by atoms with E-state index in [1.165, 1.54) is 31.4 Å². The van der Waals surface area contributed by atoms with Crippen LogP contribution in [0.25, 0.3) is 0 Å². The second kappa shape index (κ2) is 5.72. The molecule has 0 radical (unpaired) electrons. The summed E-state index contributed by atoms with van der Waals surface area (Å²) < 4.78 is 13.6. The molecular formula is C17H25FN2. The smallest absolute Gasteiger partial charge is 0.123 e. The van der Waals surface area contributed by atoms with Gasteiger partial charge in [0.25, 0.3) is 0 Å². The number of nitrogens with one attached hydrogen (secondary N) is 1. The fourth-order valence-electron chi connectivity index (χ4n) is 3.40. The Hall–Kier alpha value is -1.09. The highest BCUT2D eigenvalue weighted by Crippen LogP contribution is 2.34. The van der Waals surface area contributed by atoms with E-state index in [0.29, 0.717) is 18.1 Å². The first-order valence-corrected chi connectivity index (χ1v) is 7.99. The highest BCUT2D eigenvalue weighted by Gasteiger charge is 2.31. The summed E-state index contributed by atoms with van der Waals surface area (Å²) in [4.78, 5) is 2.52. The molecule has 1 aliphatic carbocycles. The van der Waals surface area contributed by atoms with E-state index in [4.69, 9.17) is 0 Å². The second-order valence-electron chi connectivity index (χ2n) is 6.32. The molecule has 1 N–H and O–H groups in total. The van der Waals surface area contributed by atoms with Gasteiger partial charge in [-0.3, -0.25) is 0 Å². The molecule has 0 spiro atoms. The number of rotatable bonds is 5. The van der Waals surface area contributed by atoms with Crippen LogP contribution in [0.3, 0.4) is 0 Å². The number of hydrogen-bond donors (Lipinski definition) is 1. The van der Waals surface area contributed by atoms with Gasteiger partial charge in [-0.05, 0) is 62.8 Å². The summed E-state index contributed by atoms with van der Waals surface area (Å²) >= 11 is 0. The van der Waals surface area contributed by atoms with Crippen LogP contribution in [0.5, 0.6) is 0 Å². The Labute approximate surface area is 121 Å². The molecule has 2 aliphatic rings. The van der Waals surface area contributed by atoms with Crippen molar-refractivity contribution in [1.29, 1.82) is 0 Å². The van der Waals surface area contributed by atoms with E-state index >= 15 is 0 Å². The van der Waals surface area contributed by atoms with Crippen LogP contribution >= 0.6 is 0 Å². The van der Waals surface area contributed by atoms with Gasteiger partial charge in [0.1, 0.15) is 5.82 Å². The summed E-state index contributed by atoms with van der Waals surface area (Å²) in [5.41, 5.74) is 2.35. The minimum atomic E-state index is -0.124. The Morgan fingerprint density at radius 1 is 1.25 bits per heavy atom. The van der Waals surface area contributed by atoms with Crippen LogP contribution in [0, 0.1) is 5.82 Å². The fourth-order valence-corrected chi connectivity index (χ4v) is 3.40. The normalized spacial score (nSPS) is 26.2. The summed E-state index contributed by atoms with van der Waals surface area (Å²) in [6, 6.07) is 7.12. The van der Waals surface area contributed by atoms with Crippen molar-refractivity contribution in [2.24, 2.45) is 0 Å². The summed E-state index contributed by atoms with van der Waals surface area (Å²) in [7, 11) is 0. The lowest BCUT2D eigenvalue weighted by molar-refractivity contribution is 0.604. The van der Waals surface area contributed by atoms with Gasteiger partial charge in [-0.25, -0.2) is 4.39 Å². The third-order valence-electron chi connectivity index (χ3n) is 4.74. The van der Waals surface area contributed by atoms with E-state index in [0.717, 1.165) is 18.5 Å². The van der Waals surface area contributed by atoms with Crippen LogP contribution in [0.1, 0.15) is 51.5 Å². The van der Waals surface area contributed by atoms with Crippen LogP contribution in [-0.2, 0) is 6.54 Å². The molecule has 0 amide bonds. The average molecular weight is 276 g/mol. The molecule has 2 unspecified atom stereocenters. The summed E-state index contributed by atoms with van der Waals surface area (Å²) in [5.74, 6) is -0.124. The zero-order chi connectivity index (χ0) is 14.1. The van der Waals surface area contributed by atoms with Crippen LogP contribution in [0.15, 0.2) is 18.2 Å². The fraction of sp³-hybridized carbons (Fsp3) is 0.647. The van der Waals surface area contributed by atoms with E-state index in [1.807, 2.05) is 6.07 Å². The third kappa shape index (κ3) is 2.83. The summed E-state index contributed by atoms with van der Waals surface area (Å²) in [5, 5.41) is 3.52. The molecule has 3 rings (SSSR count). The molecule has 20 heavy (non-hydrogen) atoms. The maximum atomic E-state index is 13.6. The molecule has 0 bridgehead atoms. The zero-order valence-electron chi connectivity index (χ0n) is 12.5. The minimum absolute atomic E-state index is 0.124. The van der Waals surface area contributed by atoms with Crippen molar-refractivity contribution in [3.63, 3.8) is 0 Å². The largest absolute Gasteiger partial charge is 0.366 e. The van der Waals surface area contributed by atoms with E-state index in [-0.39, 0.29) is 5.82 Å². The van der Waals surface area contributed by atoms with Crippen molar-refractivity contribution >= 4 is 5.69 Å². The maximum absolute atomic E-state index is 13.6. The highest BCUT2D eigenvalue weighted by molar-refractivity contribution is 5.56. The van der Waals surface area contributed by atoms with Gasteiger partial charge in [0.2, 0.25) is 0 Å². The number of nitrogens with zero attached hydrogens (tertiary/aromatic N) is 1. The predicted molar refractivity (Wildman–Crippen MR) is 81.5 cm³/mol. The maximum Gasteiger partial charge on any atom is 0.123 e. The van der Waals surface area contributed by atoms with Gasteiger partial charge >= 0.3 is 0 Å². The molecule has 3 heteroatoms. The van der Waals surface area contributed by atoms with Crippen molar-refractivity contribution in [2.45, 2.75) is 70.6 Å². The van der Waals surface area contributed by atoms with E-state index < -0.39 is 0 Å². The Morgan fingerprint density at radius 3 is 2.75 bits per heavy atom. The van der Waals surface area contributed by atoms with Gasteiger partial charge in [0.05, 0.1) is 0 Å². The Morgan fingerprint density at radius 2 is 2.05 bits per heavy atom. The van der Waals surface area contributed by atoms with Crippen LogP contribution in [0.2, 0.25) is 0 Å². The number of halogens is 1. The number of hydrogen-bond acceptors (Lipinski definition) is 2. The molecule has 2 nitrogen and oxygen atoms in total. The quantitative estimate of drug-likeness (QED) is 0.879. The van der Waals surface area contributed by atoms with E-state index in [1.54, 1.807) is 12.1 Å². The van der Waals surface area contributed by atoms with E-state index in [9.17, 15) is 4.39 Å². The molecule has 1 saturated carbocycles. The Kier molecular flexibility index (Phi) is 3.97. The Balaban J connectivity index is 1.86. The Bertz CT molecular complexity index is 470. The van der Waals surface area contributed by atoms with Crippen LogP contribution in [0.4, 0.5) is 10.1 Å². The third-order valence-corrected chi connectivity index (χ3v) is 4.74. The lowest BCUT2D eigenvalue weighted by atomic mass is 10.1. The van der Waals surface area contributed by atoms with Gasteiger partial charge in [-0.1, -0.05) is 6.92 Å². The topological polar surface area (TPSA) is 15.3 Å². The standard InChI is InChI=1S/C17H25FN2/c1-3-16-8-4-12(2)20(16)17-9-5-14(18)10-13(17)11-19-15-6-7-15/h5,9-10,12,15-16,19H,3-4,6-8,11H2,1-2H3. The molecule has 1 aliphatic heterocycles. The van der Waals surface area contributed by atoms with Crippen molar-refractivity contribution in [3.8, 4) is 0 Å². The highest BCUT2D eigenvalue weighted by atomic mass is 19.1. The molecule has 1 aromatic carbocycles. The molecule has 2 fully saturated rings. The van der Waals surface area contributed by atoms with E-state index in [2.05, 4.69) is 24.1 Å². The summed E-state index contributed by atoms with van der Waals surface area (Å²) in [6.07, 6.45) is 6.19. The van der Waals surface area contributed by atoms with Crippen molar-refractivity contribution in [3.05, 3.63) is 29.6 Å². The molecule has 0 aromatic heterocycles. The van der Waals surface area contributed by atoms with Crippen LogP contribution in [-0.4, -0.2) is 18.1 Å². The predicted octanol–water partition coefficient (Wildman–Crippen LogP) is 3.85. The minimum Gasteiger partial charge on any atom is -0.366 e. The summed E-state index contributed by atoms with van der Waals surface area (Å²) in [6.45, 7) is 5.33. The van der Waals surface area contributed by atoms with Crippen molar-refractivity contribution in [2.75, 3.05) is 4.90 Å². The van der Waals surface area contributed by atoms with Gasteiger partial charge in [0, 0.05) is 30.4 Å². The van der Waals surface area contributed by atoms with Gasteiger partial charge < -0.3 is 10.2 Å². The first-order valence-electron chi connectivity index (χ1n) is 7.99. The molecule has 1 saturated heterocycles. The first kappa shape index (κ1) is 13.9. The second-order valence-corrected chi connectivity index (χ2v) is 6.32. The molecule has 110 valence electrons. The van der Waals surface area contributed by atoms with Crippen LogP contribution < -0.4 is 10.2 Å². The first-order chi connectivity index (χ1) is 9.69. The lowest BCUT2D eigenvalue weighted by Gasteiger charge is -2.32. The van der Waals surface area contributed by atoms with Crippen molar-refractivity contribution in [1.82, 2.24) is 5.32 Å². The lowest BCUT2D eigenvalue weighted by Crippen LogP contribution is -2.35. The zero-order valence-corrected chi connectivity index (χ0v) is 12.5. The van der Waals surface area contributed by atoms with Gasteiger partial charge in [0.15, 0.2) is 0 Å². The monoisotopic (exact) mass is 276 g/mol. The van der Waals surface area contributed by atoms with Gasteiger partial charge in [-0.2, -0.15) is 0 Å². The molecule has 1 heterocycles. The number of benzene rings is 1. The molecular weight excluding hydrogens is 251 g/mol. The average Bonchev–Trinajstić information content (AvgIpc) is 3.20. The molecule has 2 atom stereocenters. The molecule has 1 aromatic rings.